The summed E-state index contributed by atoms with van der Waals surface area (Å²) in [5.41, 5.74) is 16.7. The fourth-order valence-electron chi connectivity index (χ4n) is 9.42. The van der Waals surface area contributed by atoms with Gasteiger partial charge in [-0.1, -0.05) is 156 Å². The maximum Gasteiger partial charge on any atom is 0.135 e. The van der Waals surface area contributed by atoms with E-state index in [9.17, 15) is 0 Å². The van der Waals surface area contributed by atoms with Crippen LogP contribution in [0.2, 0.25) is 0 Å². The number of nitrogens with zero attached hydrogens (tertiary/aromatic N) is 4. The van der Waals surface area contributed by atoms with E-state index in [0.717, 1.165) is 72.6 Å². The molecule has 0 saturated carbocycles. The van der Waals surface area contributed by atoms with Gasteiger partial charge in [-0.15, -0.1) is 48.1 Å². The molecule has 69 heavy (non-hydrogen) atoms. The van der Waals surface area contributed by atoms with E-state index in [1.807, 2.05) is 24.4 Å². The number of hydrogen-bond acceptors (Lipinski definition) is 4. The Morgan fingerprint density at radius 1 is 0.507 bits per heavy atom. The van der Waals surface area contributed by atoms with E-state index >= 15 is 0 Å². The minimum atomic E-state index is -0.0179. The summed E-state index contributed by atoms with van der Waals surface area (Å²) >= 11 is 0. The Kier molecular flexibility index (Phi) is 11.9. The van der Waals surface area contributed by atoms with E-state index < -0.39 is 0 Å². The molecule has 0 radical (unpaired) electrons. The first-order chi connectivity index (χ1) is 32.9. The van der Waals surface area contributed by atoms with Crippen LogP contribution in [-0.2, 0) is 31.9 Å². The van der Waals surface area contributed by atoms with E-state index in [1.165, 1.54) is 27.8 Å². The number of ether oxygens (including phenoxy) is 1. The average Bonchev–Trinajstić information content (AvgIpc) is 3.90. The van der Waals surface area contributed by atoms with Gasteiger partial charge in [0.2, 0.25) is 0 Å². The summed E-state index contributed by atoms with van der Waals surface area (Å²) in [6.45, 7) is 17.9. The van der Waals surface area contributed by atoms with Gasteiger partial charge in [0, 0.05) is 66.9 Å². The number of benzene rings is 8. The van der Waals surface area contributed by atoms with Crippen molar-refractivity contribution < 1.29 is 25.8 Å². The molecule has 0 unspecified atom stereocenters. The molecule has 0 spiro atoms. The van der Waals surface area contributed by atoms with Crippen LogP contribution in [0.15, 0.2) is 188 Å². The first-order valence-corrected chi connectivity index (χ1v) is 23.4. The Labute approximate surface area is 420 Å². The van der Waals surface area contributed by atoms with Crippen LogP contribution in [-0.4, -0.2) is 9.55 Å². The molecule has 1 aliphatic heterocycles. The van der Waals surface area contributed by atoms with Crippen molar-refractivity contribution in [1.29, 1.82) is 0 Å². The van der Waals surface area contributed by atoms with Gasteiger partial charge in [-0.2, -0.15) is 12.1 Å². The molecule has 0 amide bonds. The Hall–Kier alpha value is -7.20. The Bertz CT molecular complexity index is 3450. The normalized spacial score (nSPS) is 12.6. The zero-order valence-electron chi connectivity index (χ0n) is 40.0. The standard InChI is InChI=1S/C63H53N4O.Pt/c1-42-32-61(64-40-56(42)45-22-16-23-48(34-45)62(2,3)4)67-57-31-28-49(63(5,6)7)37-55(57)54-30-29-53(39-60(54)67)68-52-25-17-24-50(38-52)65-41-66(59-27-15-14-26-58(59)65)51-35-46(43-18-10-8-11-19-43)33-47(36-51)44-20-12-9-13-21-44;/h8-37,40-41H,1-7H3;/q-3;. The van der Waals surface area contributed by atoms with E-state index in [0.29, 0.717) is 11.5 Å². The predicted octanol–water partition coefficient (Wildman–Crippen LogP) is 16.9. The van der Waals surface area contributed by atoms with Crippen LogP contribution in [0, 0.1) is 25.7 Å². The molecule has 0 N–H and O–H groups in total. The number of rotatable bonds is 8. The molecule has 1 aliphatic rings. The minimum absolute atomic E-state index is 0. The second-order valence-corrected chi connectivity index (χ2v) is 19.9. The molecule has 0 bridgehead atoms. The van der Waals surface area contributed by atoms with E-state index in [1.54, 1.807) is 0 Å². The number of aromatic nitrogens is 2. The fourth-order valence-corrected chi connectivity index (χ4v) is 9.42. The zero-order chi connectivity index (χ0) is 46.7. The second-order valence-electron chi connectivity index (χ2n) is 19.9. The number of fused-ring (bicyclic) bond motifs is 4. The second kappa shape index (κ2) is 18.0. The van der Waals surface area contributed by atoms with Gasteiger partial charge in [0.25, 0.3) is 0 Å². The third-order valence-corrected chi connectivity index (χ3v) is 13.2. The maximum atomic E-state index is 6.72. The predicted molar refractivity (Wildman–Crippen MR) is 283 cm³/mol. The van der Waals surface area contributed by atoms with Crippen molar-refractivity contribution in [3.8, 4) is 50.7 Å². The molecule has 0 atom stereocenters. The first kappa shape index (κ1) is 45.6. The van der Waals surface area contributed by atoms with Crippen molar-refractivity contribution in [1.82, 2.24) is 9.55 Å². The van der Waals surface area contributed by atoms with Crippen molar-refractivity contribution in [3.05, 3.63) is 224 Å². The summed E-state index contributed by atoms with van der Waals surface area (Å²) in [7, 11) is 0. The van der Waals surface area contributed by atoms with Gasteiger partial charge in [-0.05, 0) is 110 Å². The number of anilines is 4. The molecule has 5 nitrogen and oxygen atoms in total. The van der Waals surface area contributed by atoms with Crippen LogP contribution in [0.25, 0.3) is 61.0 Å². The molecule has 344 valence electrons. The number of pyridine rings is 1. The van der Waals surface area contributed by atoms with Gasteiger partial charge in [0.15, 0.2) is 0 Å². The van der Waals surface area contributed by atoms with Crippen molar-refractivity contribution >= 4 is 44.6 Å². The fraction of sp³-hybridized carbons (Fsp3) is 0.143. The zero-order valence-corrected chi connectivity index (χ0v) is 42.3. The minimum Gasteiger partial charge on any atom is -0.509 e. The number of para-hydroxylation sites is 2. The molecule has 8 aromatic carbocycles. The summed E-state index contributed by atoms with van der Waals surface area (Å²) in [5.74, 6) is 2.02. The molecule has 10 aromatic rings. The molecule has 0 saturated heterocycles. The van der Waals surface area contributed by atoms with Crippen molar-refractivity contribution in [2.24, 2.45) is 0 Å². The van der Waals surface area contributed by atoms with Crippen molar-refractivity contribution in [2.75, 3.05) is 9.80 Å². The Morgan fingerprint density at radius 2 is 1.12 bits per heavy atom. The van der Waals surface area contributed by atoms with Crippen LogP contribution in [0.3, 0.4) is 0 Å². The van der Waals surface area contributed by atoms with Gasteiger partial charge in [0.1, 0.15) is 5.82 Å². The largest absolute Gasteiger partial charge is 0.509 e. The summed E-state index contributed by atoms with van der Waals surface area (Å²) in [4.78, 5) is 9.62. The first-order valence-electron chi connectivity index (χ1n) is 23.4. The van der Waals surface area contributed by atoms with Crippen LogP contribution in [0.5, 0.6) is 11.5 Å². The Morgan fingerprint density at radius 3 is 1.78 bits per heavy atom. The molecule has 2 aromatic heterocycles. The molecule has 11 rings (SSSR count). The van der Waals surface area contributed by atoms with Crippen molar-refractivity contribution in [3.63, 3.8) is 0 Å². The van der Waals surface area contributed by atoms with E-state index in [2.05, 4.69) is 245 Å². The molecule has 0 aliphatic carbocycles. The molecule has 6 heteroatoms. The topological polar surface area (TPSA) is 33.5 Å². The van der Waals surface area contributed by atoms with Gasteiger partial charge in [0.05, 0.1) is 0 Å². The monoisotopic (exact) mass is 1080 g/mol. The summed E-state index contributed by atoms with van der Waals surface area (Å²) in [6, 6.07) is 71.9. The van der Waals surface area contributed by atoms with Crippen LogP contribution < -0.4 is 14.5 Å². The van der Waals surface area contributed by atoms with E-state index in [4.69, 9.17) is 9.72 Å². The summed E-state index contributed by atoms with van der Waals surface area (Å²) in [6.07, 6.45) is 2.02. The number of aryl methyl sites for hydroxylation is 1. The summed E-state index contributed by atoms with van der Waals surface area (Å²) in [5, 5.41) is 2.25. The molecular formula is C63H53N4OPt-3. The van der Waals surface area contributed by atoms with Crippen LogP contribution >= 0.6 is 0 Å². The molecule has 0 fully saturated rings. The SMILES string of the molecule is Cc1cc(-n2c3[c-]c(Oc4[c-]c(N5[CH-]N(c6cc(-c7ccccc7)cc(-c7ccccc7)c6)c6ccccc65)ccc4)ccc3c3cc(C(C)(C)C)ccc32)ncc1-c1cccc(C(C)(C)C)c1.[Pt]. The van der Waals surface area contributed by atoms with Crippen LogP contribution in [0.4, 0.5) is 22.7 Å². The average molecular weight is 1080 g/mol. The van der Waals surface area contributed by atoms with Crippen molar-refractivity contribution in [2.45, 2.75) is 59.3 Å². The van der Waals surface area contributed by atoms with Gasteiger partial charge in [-0.3, -0.25) is 0 Å². The maximum absolute atomic E-state index is 6.72. The third kappa shape index (κ3) is 8.77. The molecular weight excluding hydrogens is 1020 g/mol. The van der Waals surface area contributed by atoms with Gasteiger partial charge in [-0.25, -0.2) is 4.98 Å². The number of hydrogen-bond donors (Lipinski definition) is 0. The Balaban J connectivity index is 0.00000553. The van der Waals surface area contributed by atoms with Gasteiger partial charge < -0.3 is 19.1 Å². The smallest absolute Gasteiger partial charge is 0.135 e. The van der Waals surface area contributed by atoms with Crippen LogP contribution in [0.1, 0.15) is 58.2 Å². The third-order valence-electron chi connectivity index (χ3n) is 13.2. The van der Waals surface area contributed by atoms with E-state index in [-0.39, 0.29) is 31.9 Å². The quantitative estimate of drug-likeness (QED) is 0.142. The summed E-state index contributed by atoms with van der Waals surface area (Å²) < 4.78 is 8.95. The molecule has 3 heterocycles. The van der Waals surface area contributed by atoms with Gasteiger partial charge >= 0.3 is 0 Å².